The fourth-order valence-electron chi connectivity index (χ4n) is 1.76. The Balaban J connectivity index is 2.45. The van der Waals surface area contributed by atoms with Crippen LogP contribution in [0, 0.1) is 0 Å². The lowest BCUT2D eigenvalue weighted by molar-refractivity contribution is 0.0743. The van der Waals surface area contributed by atoms with E-state index in [4.69, 9.17) is 0 Å². The van der Waals surface area contributed by atoms with Gasteiger partial charge in [-0.1, -0.05) is 30.3 Å². The molecule has 0 radical (unpaired) electrons. The Labute approximate surface area is 113 Å². The maximum Gasteiger partial charge on any atom is 0.205 e. The highest BCUT2D eigenvalue weighted by Crippen LogP contribution is 2.44. The molecule has 5 N–H and O–H groups in total. The highest BCUT2D eigenvalue weighted by atomic mass is 16.3. The minimum Gasteiger partial charge on any atom is -0.504 e. The molecule has 2 rings (SSSR count). The number of aliphatic hydroxyl groups excluding tert-OH is 1. The number of carbonyl (C=O) groups is 1. The topological polar surface area (TPSA) is 118 Å². The summed E-state index contributed by atoms with van der Waals surface area (Å²) < 4.78 is 0. The number of aromatic hydroxyl groups is 4. The van der Waals surface area contributed by atoms with Gasteiger partial charge in [-0.3, -0.25) is 4.79 Å². The van der Waals surface area contributed by atoms with Gasteiger partial charge < -0.3 is 25.5 Å². The number of ketones is 1. The van der Waals surface area contributed by atoms with Crippen LogP contribution in [0.1, 0.15) is 22.0 Å². The second-order valence-corrected chi connectivity index (χ2v) is 4.17. The summed E-state index contributed by atoms with van der Waals surface area (Å²) in [6.45, 7) is 0. The Morgan fingerprint density at radius 1 is 0.900 bits per heavy atom. The molecule has 1 unspecified atom stereocenters. The van der Waals surface area contributed by atoms with Crippen molar-refractivity contribution in [3.05, 3.63) is 47.5 Å². The number of rotatable bonds is 3. The van der Waals surface area contributed by atoms with Gasteiger partial charge in [0.2, 0.25) is 11.5 Å². The van der Waals surface area contributed by atoms with E-state index in [9.17, 15) is 30.3 Å². The maximum atomic E-state index is 12.1. The molecule has 6 heteroatoms. The number of phenolic OH excluding ortho intramolecular Hbond substituents is 4. The lowest BCUT2D eigenvalue weighted by Gasteiger charge is -2.13. The van der Waals surface area contributed by atoms with Crippen molar-refractivity contribution < 1.29 is 30.3 Å². The van der Waals surface area contributed by atoms with E-state index in [0.717, 1.165) is 6.07 Å². The quantitative estimate of drug-likeness (QED) is 0.329. The molecule has 0 aromatic heterocycles. The van der Waals surface area contributed by atoms with Gasteiger partial charge in [-0.2, -0.15) is 0 Å². The normalized spacial score (nSPS) is 12.1. The van der Waals surface area contributed by atoms with Crippen molar-refractivity contribution >= 4 is 5.78 Å². The third-order valence-corrected chi connectivity index (χ3v) is 2.86. The van der Waals surface area contributed by atoms with E-state index in [-0.39, 0.29) is 0 Å². The number of Topliss-reactive ketones (excluding diaryl/α,β-unsaturated/α-hetero) is 1. The first kappa shape index (κ1) is 13.7. The fourth-order valence-corrected chi connectivity index (χ4v) is 1.76. The SMILES string of the molecule is O=C(c1cc(O)c(O)c(O)c1O)C(O)c1ccccc1. The van der Waals surface area contributed by atoms with Crippen LogP contribution in [0.5, 0.6) is 23.0 Å². The maximum absolute atomic E-state index is 12.1. The first-order valence-corrected chi connectivity index (χ1v) is 5.67. The second-order valence-electron chi connectivity index (χ2n) is 4.17. The Morgan fingerprint density at radius 3 is 2.10 bits per heavy atom. The van der Waals surface area contributed by atoms with Crippen LogP contribution < -0.4 is 0 Å². The summed E-state index contributed by atoms with van der Waals surface area (Å²) in [7, 11) is 0. The van der Waals surface area contributed by atoms with Crippen LogP contribution >= 0.6 is 0 Å². The highest BCUT2D eigenvalue weighted by Gasteiger charge is 2.26. The molecular weight excluding hydrogens is 264 g/mol. The Hall–Kier alpha value is -2.73. The van der Waals surface area contributed by atoms with E-state index in [2.05, 4.69) is 0 Å². The van der Waals surface area contributed by atoms with Gasteiger partial charge in [0.25, 0.3) is 0 Å². The molecule has 0 aliphatic carbocycles. The van der Waals surface area contributed by atoms with Crippen LogP contribution in [-0.4, -0.2) is 31.3 Å². The molecule has 0 saturated heterocycles. The Morgan fingerprint density at radius 2 is 1.50 bits per heavy atom. The predicted molar refractivity (Wildman–Crippen MR) is 68.8 cm³/mol. The molecule has 0 saturated carbocycles. The molecule has 2 aromatic rings. The molecule has 2 aromatic carbocycles. The first-order chi connectivity index (χ1) is 9.43. The van der Waals surface area contributed by atoms with Gasteiger partial charge in [0.1, 0.15) is 6.10 Å². The number of benzene rings is 2. The Kier molecular flexibility index (Phi) is 3.49. The summed E-state index contributed by atoms with van der Waals surface area (Å²) >= 11 is 0. The molecule has 1 atom stereocenters. The van der Waals surface area contributed by atoms with Crippen molar-refractivity contribution in [3.8, 4) is 23.0 Å². The number of hydrogen-bond donors (Lipinski definition) is 5. The molecule has 104 valence electrons. The third-order valence-electron chi connectivity index (χ3n) is 2.86. The van der Waals surface area contributed by atoms with Gasteiger partial charge in [-0.15, -0.1) is 0 Å². The summed E-state index contributed by atoms with van der Waals surface area (Å²) in [5, 5.41) is 47.5. The summed E-state index contributed by atoms with van der Waals surface area (Å²) in [6, 6.07) is 8.75. The van der Waals surface area contributed by atoms with Crippen LogP contribution in [0.2, 0.25) is 0 Å². The standard InChI is InChI=1S/C14H12O6/c15-9-6-8(12(18)14(20)13(9)19)11(17)10(16)7-4-2-1-3-5-7/h1-6,10,15-16,18-20H. The lowest BCUT2D eigenvalue weighted by Crippen LogP contribution is -2.12. The van der Waals surface area contributed by atoms with Gasteiger partial charge in [-0.05, 0) is 11.6 Å². The van der Waals surface area contributed by atoms with Crippen molar-refractivity contribution in [2.45, 2.75) is 6.10 Å². The van der Waals surface area contributed by atoms with Crippen molar-refractivity contribution in [1.82, 2.24) is 0 Å². The summed E-state index contributed by atoms with van der Waals surface area (Å²) in [6.07, 6.45) is -1.56. The first-order valence-electron chi connectivity index (χ1n) is 5.67. The van der Waals surface area contributed by atoms with Gasteiger partial charge in [-0.25, -0.2) is 0 Å². The van der Waals surface area contributed by atoms with Crippen LogP contribution in [0.4, 0.5) is 0 Å². The van der Waals surface area contributed by atoms with Crippen molar-refractivity contribution in [1.29, 1.82) is 0 Å². The molecule has 20 heavy (non-hydrogen) atoms. The highest BCUT2D eigenvalue weighted by molar-refractivity contribution is 6.03. The van der Waals surface area contributed by atoms with Crippen LogP contribution in [0.25, 0.3) is 0 Å². The van der Waals surface area contributed by atoms with E-state index < -0.39 is 40.4 Å². The zero-order valence-corrected chi connectivity index (χ0v) is 10.2. The van der Waals surface area contributed by atoms with E-state index >= 15 is 0 Å². The molecule has 0 amide bonds. The zero-order valence-electron chi connectivity index (χ0n) is 10.2. The monoisotopic (exact) mass is 276 g/mol. The molecule has 0 fully saturated rings. The van der Waals surface area contributed by atoms with Gasteiger partial charge >= 0.3 is 0 Å². The summed E-state index contributed by atoms with van der Waals surface area (Å²) in [5.74, 6) is -4.55. The summed E-state index contributed by atoms with van der Waals surface area (Å²) in [4.78, 5) is 12.1. The molecular formula is C14H12O6. The zero-order chi connectivity index (χ0) is 14.9. The summed E-state index contributed by atoms with van der Waals surface area (Å²) in [5.41, 5.74) is -0.196. The van der Waals surface area contributed by atoms with Crippen molar-refractivity contribution in [2.75, 3.05) is 0 Å². The molecule has 0 heterocycles. The van der Waals surface area contributed by atoms with Crippen LogP contribution in [0.15, 0.2) is 36.4 Å². The molecule has 0 bridgehead atoms. The predicted octanol–water partition coefficient (Wildman–Crippen LogP) is 1.43. The van der Waals surface area contributed by atoms with Crippen LogP contribution in [-0.2, 0) is 0 Å². The minimum atomic E-state index is -1.56. The molecule has 6 nitrogen and oxygen atoms in total. The minimum absolute atomic E-state index is 0.295. The molecule has 0 aliphatic heterocycles. The van der Waals surface area contributed by atoms with Crippen LogP contribution in [0.3, 0.4) is 0 Å². The number of carbonyl (C=O) groups excluding carboxylic acids is 1. The fraction of sp³-hybridized carbons (Fsp3) is 0.0714. The smallest absolute Gasteiger partial charge is 0.205 e. The average molecular weight is 276 g/mol. The molecule has 0 spiro atoms. The van der Waals surface area contributed by atoms with Gasteiger partial charge in [0, 0.05) is 0 Å². The van der Waals surface area contributed by atoms with E-state index in [1.54, 1.807) is 18.2 Å². The van der Waals surface area contributed by atoms with Crippen molar-refractivity contribution in [3.63, 3.8) is 0 Å². The lowest BCUT2D eigenvalue weighted by atomic mass is 9.98. The number of phenols is 4. The molecule has 0 aliphatic rings. The van der Waals surface area contributed by atoms with E-state index in [1.165, 1.54) is 12.1 Å². The number of aliphatic hydroxyl groups is 1. The average Bonchev–Trinajstić information content (AvgIpc) is 2.48. The van der Waals surface area contributed by atoms with Gasteiger partial charge in [0.05, 0.1) is 5.56 Å². The third kappa shape index (κ3) is 2.24. The second kappa shape index (κ2) is 5.10. The Bertz CT molecular complexity index is 650. The van der Waals surface area contributed by atoms with Gasteiger partial charge in [0.15, 0.2) is 17.3 Å². The number of hydrogen-bond acceptors (Lipinski definition) is 6. The van der Waals surface area contributed by atoms with E-state index in [1.807, 2.05) is 0 Å². The largest absolute Gasteiger partial charge is 0.504 e. The van der Waals surface area contributed by atoms with Crippen molar-refractivity contribution in [2.24, 2.45) is 0 Å². The van der Waals surface area contributed by atoms with E-state index in [0.29, 0.717) is 5.56 Å².